The first-order chi connectivity index (χ1) is 8.53. The molecule has 1 aromatic heterocycles. The first-order valence-electron chi connectivity index (χ1n) is 4.88. The summed E-state index contributed by atoms with van der Waals surface area (Å²) in [6, 6.07) is 2.29. The maximum Gasteiger partial charge on any atom is 0.306 e. The molecule has 0 aromatic carbocycles. The maximum atomic E-state index is 11.9. The van der Waals surface area contributed by atoms with Crippen LogP contribution in [-0.4, -0.2) is 38.2 Å². The zero-order valence-corrected chi connectivity index (χ0v) is 11.4. The van der Waals surface area contributed by atoms with E-state index in [1.807, 2.05) is 0 Å². The lowest BCUT2D eigenvalue weighted by Gasteiger charge is -2.04. The highest BCUT2D eigenvalue weighted by molar-refractivity contribution is 7.94. The van der Waals surface area contributed by atoms with Crippen LogP contribution >= 0.6 is 0 Å². The lowest BCUT2D eigenvalue weighted by Crippen LogP contribution is -2.24. The van der Waals surface area contributed by atoms with E-state index in [1.165, 1.54) is 13.0 Å². The second kappa shape index (κ2) is 5.19. The van der Waals surface area contributed by atoms with E-state index in [2.05, 4.69) is 4.98 Å². The molecular formula is C8H11N3O6S2. The number of nitrogens with zero attached hydrogens (tertiary/aromatic N) is 2. The third-order valence-corrected chi connectivity index (χ3v) is 4.77. The van der Waals surface area contributed by atoms with Crippen LogP contribution in [0.5, 0.6) is 0 Å². The summed E-state index contributed by atoms with van der Waals surface area (Å²) >= 11 is 0. The number of hydrogen-bond donors (Lipinski definition) is 1. The molecule has 1 aromatic rings. The largest absolute Gasteiger partial charge is 0.306 e. The molecule has 0 saturated heterocycles. The van der Waals surface area contributed by atoms with Gasteiger partial charge in [0.15, 0.2) is 0 Å². The van der Waals surface area contributed by atoms with Gasteiger partial charge in [0, 0.05) is 11.8 Å². The van der Waals surface area contributed by atoms with Gasteiger partial charge in [0.2, 0.25) is 24.9 Å². The van der Waals surface area contributed by atoms with Crippen molar-refractivity contribution in [1.29, 1.82) is 0 Å². The van der Waals surface area contributed by atoms with E-state index in [4.69, 9.17) is 5.14 Å². The minimum Gasteiger partial charge on any atom is -0.258 e. The fourth-order valence-electron chi connectivity index (χ4n) is 1.22. The van der Waals surface area contributed by atoms with E-state index in [-0.39, 0.29) is 5.69 Å². The molecule has 0 aliphatic heterocycles. The summed E-state index contributed by atoms with van der Waals surface area (Å²) in [6.45, 7) is 1.46. The summed E-state index contributed by atoms with van der Waals surface area (Å²) in [5.41, 5.74) is -0.431. The first-order valence-corrected chi connectivity index (χ1v) is 8.25. The zero-order chi connectivity index (χ0) is 14.8. The van der Waals surface area contributed by atoms with Crippen LogP contribution in [0.3, 0.4) is 0 Å². The Balaban J connectivity index is 3.28. The zero-order valence-electron chi connectivity index (χ0n) is 9.81. The van der Waals surface area contributed by atoms with E-state index >= 15 is 0 Å². The summed E-state index contributed by atoms with van der Waals surface area (Å²) in [6.07, 6.45) is 0. The molecule has 0 saturated carbocycles. The lowest BCUT2D eigenvalue weighted by molar-refractivity contribution is -0.388. The number of sulfone groups is 1. The Morgan fingerprint density at radius 3 is 2.32 bits per heavy atom. The Morgan fingerprint density at radius 1 is 1.26 bits per heavy atom. The third kappa shape index (κ3) is 4.22. The van der Waals surface area contributed by atoms with Crippen LogP contribution in [0.2, 0.25) is 0 Å². The van der Waals surface area contributed by atoms with Gasteiger partial charge in [-0.1, -0.05) is 0 Å². The van der Waals surface area contributed by atoms with Crippen molar-refractivity contribution in [3.8, 4) is 0 Å². The van der Waals surface area contributed by atoms with Crippen LogP contribution in [-0.2, 0) is 19.9 Å². The van der Waals surface area contributed by atoms with Gasteiger partial charge in [-0.05, 0) is 13.0 Å². The van der Waals surface area contributed by atoms with E-state index in [0.717, 1.165) is 6.07 Å². The van der Waals surface area contributed by atoms with Crippen molar-refractivity contribution in [2.24, 2.45) is 5.14 Å². The van der Waals surface area contributed by atoms with Crippen molar-refractivity contribution in [2.75, 3.05) is 11.5 Å². The molecule has 0 unspecified atom stereocenters. The molecule has 0 aliphatic rings. The van der Waals surface area contributed by atoms with Crippen LogP contribution in [0.15, 0.2) is 17.2 Å². The smallest absolute Gasteiger partial charge is 0.258 e. The predicted octanol–water partition coefficient (Wildman–Crippen LogP) is -0.640. The average molecular weight is 309 g/mol. The highest BCUT2D eigenvalue weighted by Gasteiger charge is 2.28. The average Bonchev–Trinajstić information content (AvgIpc) is 2.25. The molecular weight excluding hydrogens is 298 g/mol. The molecule has 0 fully saturated rings. The van der Waals surface area contributed by atoms with Crippen LogP contribution < -0.4 is 5.14 Å². The molecule has 9 nitrogen and oxygen atoms in total. The fourth-order valence-corrected chi connectivity index (χ4v) is 3.96. The maximum absolute atomic E-state index is 11.9. The number of primary sulfonamides is 1. The molecule has 2 N–H and O–H groups in total. The van der Waals surface area contributed by atoms with E-state index in [1.54, 1.807) is 0 Å². The summed E-state index contributed by atoms with van der Waals surface area (Å²) in [5, 5.41) is 14.7. The Morgan fingerprint density at radius 2 is 1.84 bits per heavy atom. The number of hydrogen-bond acceptors (Lipinski definition) is 7. The van der Waals surface area contributed by atoms with Crippen LogP contribution in [0.4, 0.5) is 5.69 Å². The summed E-state index contributed by atoms with van der Waals surface area (Å²) in [4.78, 5) is 13.4. The summed E-state index contributed by atoms with van der Waals surface area (Å²) in [7, 11) is -8.19. The molecule has 19 heavy (non-hydrogen) atoms. The SMILES string of the molecule is Cc1ccc([N+](=O)[O-])c(S(=O)(=O)CCS(N)(=O)=O)n1. The van der Waals surface area contributed by atoms with Gasteiger partial charge >= 0.3 is 5.69 Å². The van der Waals surface area contributed by atoms with Gasteiger partial charge in [-0.3, -0.25) is 10.1 Å². The summed E-state index contributed by atoms with van der Waals surface area (Å²) in [5.74, 6) is -1.69. The van der Waals surface area contributed by atoms with Crippen molar-refractivity contribution in [1.82, 2.24) is 4.98 Å². The highest BCUT2D eigenvalue weighted by atomic mass is 32.2. The molecule has 0 aliphatic carbocycles. The number of nitrogens with two attached hydrogens (primary N) is 1. The molecule has 11 heteroatoms. The van der Waals surface area contributed by atoms with Gasteiger partial charge in [0.25, 0.3) is 0 Å². The Hall–Kier alpha value is -1.59. The normalized spacial score (nSPS) is 12.3. The second-order valence-electron chi connectivity index (χ2n) is 3.72. The lowest BCUT2D eigenvalue weighted by atomic mass is 10.3. The fraction of sp³-hybridized carbons (Fsp3) is 0.375. The number of rotatable bonds is 5. The Bertz CT molecular complexity index is 710. The van der Waals surface area contributed by atoms with E-state index in [0.29, 0.717) is 0 Å². The van der Waals surface area contributed by atoms with Crippen LogP contribution in [0, 0.1) is 17.0 Å². The molecule has 106 valence electrons. The minimum absolute atomic E-state index is 0.264. The molecule has 1 heterocycles. The van der Waals surface area contributed by atoms with Gasteiger partial charge in [0.1, 0.15) is 0 Å². The second-order valence-corrected chi connectivity index (χ2v) is 7.48. The quantitative estimate of drug-likeness (QED) is 0.561. The van der Waals surface area contributed by atoms with E-state index < -0.39 is 47.0 Å². The number of aromatic nitrogens is 1. The predicted molar refractivity (Wildman–Crippen MR) is 65.7 cm³/mol. The van der Waals surface area contributed by atoms with Crippen LogP contribution in [0.25, 0.3) is 0 Å². The molecule has 0 spiro atoms. The molecule has 0 amide bonds. The molecule has 0 bridgehead atoms. The van der Waals surface area contributed by atoms with E-state index in [9.17, 15) is 26.9 Å². The van der Waals surface area contributed by atoms with Crippen LogP contribution in [0.1, 0.15) is 5.69 Å². The first kappa shape index (κ1) is 15.5. The highest BCUT2D eigenvalue weighted by Crippen LogP contribution is 2.22. The van der Waals surface area contributed by atoms with Crippen molar-refractivity contribution in [2.45, 2.75) is 11.9 Å². The number of pyridine rings is 1. The molecule has 0 atom stereocenters. The van der Waals surface area contributed by atoms with Crippen molar-refractivity contribution >= 4 is 25.5 Å². The van der Waals surface area contributed by atoms with Gasteiger partial charge in [-0.25, -0.2) is 27.0 Å². The topological polar surface area (TPSA) is 150 Å². The van der Waals surface area contributed by atoms with Crippen molar-refractivity contribution < 1.29 is 21.8 Å². The van der Waals surface area contributed by atoms with Gasteiger partial charge < -0.3 is 0 Å². The Kier molecular flexibility index (Phi) is 4.22. The molecule has 0 radical (unpaired) electrons. The standard InChI is InChI=1S/C8H11N3O6S2/c1-6-2-3-7(11(12)13)8(10-6)18(14,15)4-5-19(9,16)17/h2-3H,4-5H2,1H3,(H2,9,16,17). The number of sulfonamides is 1. The number of nitro groups is 1. The monoisotopic (exact) mass is 309 g/mol. The Labute approximate surface area is 109 Å². The van der Waals surface area contributed by atoms with Gasteiger partial charge in [-0.2, -0.15) is 0 Å². The molecule has 1 rings (SSSR count). The third-order valence-electron chi connectivity index (χ3n) is 2.11. The number of aryl methyl sites for hydroxylation is 1. The van der Waals surface area contributed by atoms with Crippen molar-refractivity contribution in [3.63, 3.8) is 0 Å². The minimum atomic E-state index is -4.20. The van der Waals surface area contributed by atoms with Gasteiger partial charge in [0.05, 0.1) is 16.4 Å². The summed E-state index contributed by atoms with van der Waals surface area (Å²) < 4.78 is 45.2. The van der Waals surface area contributed by atoms with Crippen molar-refractivity contribution in [3.05, 3.63) is 27.9 Å². The van der Waals surface area contributed by atoms with Gasteiger partial charge in [-0.15, -0.1) is 0 Å².